The van der Waals surface area contributed by atoms with Gasteiger partial charge in [-0.25, -0.2) is 0 Å². The summed E-state index contributed by atoms with van der Waals surface area (Å²) in [5.41, 5.74) is 7.38. The Morgan fingerprint density at radius 2 is 1.86 bits per heavy atom. The number of rotatable bonds is 6. The number of aryl methyl sites for hydroxylation is 1. The lowest BCUT2D eigenvalue weighted by Gasteiger charge is -2.08. The van der Waals surface area contributed by atoms with E-state index in [0.717, 1.165) is 6.42 Å². The highest BCUT2D eigenvalue weighted by Crippen LogP contribution is 2.18. The van der Waals surface area contributed by atoms with Crippen LogP contribution in [0.3, 0.4) is 0 Å². The number of carbonyl (C=O) groups is 2. The van der Waals surface area contributed by atoms with Crippen LogP contribution in [0.4, 0.5) is 5.69 Å². The number of primary amides is 1. The van der Waals surface area contributed by atoms with Crippen molar-refractivity contribution in [1.29, 1.82) is 0 Å². The number of carbonyl (C=O) groups excluding carboxylic acids is 2. The van der Waals surface area contributed by atoms with E-state index in [1.54, 1.807) is 36.4 Å². The van der Waals surface area contributed by atoms with E-state index >= 15 is 0 Å². The van der Waals surface area contributed by atoms with E-state index in [4.69, 9.17) is 10.5 Å². The lowest BCUT2D eigenvalue weighted by molar-refractivity contribution is -0.119. The first-order chi connectivity index (χ1) is 10.6. The third-order valence-electron chi connectivity index (χ3n) is 3.10. The molecule has 0 saturated heterocycles. The summed E-state index contributed by atoms with van der Waals surface area (Å²) < 4.78 is 5.20. The van der Waals surface area contributed by atoms with Crippen LogP contribution < -0.4 is 15.8 Å². The van der Waals surface area contributed by atoms with Gasteiger partial charge in [-0.15, -0.1) is 0 Å². The van der Waals surface area contributed by atoms with Gasteiger partial charge in [0.1, 0.15) is 5.75 Å². The lowest BCUT2D eigenvalue weighted by Crippen LogP contribution is -2.20. The van der Waals surface area contributed by atoms with Crippen molar-refractivity contribution >= 4 is 17.5 Å². The van der Waals surface area contributed by atoms with Crippen molar-refractivity contribution in [2.24, 2.45) is 5.73 Å². The molecule has 5 heteroatoms. The smallest absolute Gasteiger partial charge is 0.255 e. The molecule has 0 aliphatic rings. The second-order valence-electron chi connectivity index (χ2n) is 4.79. The Morgan fingerprint density at radius 1 is 1.14 bits per heavy atom. The molecule has 2 aromatic carbocycles. The van der Waals surface area contributed by atoms with Crippen LogP contribution in [0.2, 0.25) is 0 Å². The van der Waals surface area contributed by atoms with Crippen LogP contribution >= 0.6 is 0 Å². The van der Waals surface area contributed by atoms with Crippen molar-refractivity contribution in [3.05, 3.63) is 59.7 Å². The maximum atomic E-state index is 12.2. The third-order valence-corrected chi connectivity index (χ3v) is 3.10. The molecular weight excluding hydrogens is 280 g/mol. The summed E-state index contributed by atoms with van der Waals surface area (Å²) in [6, 6.07) is 14.3. The number of nitrogens with two attached hydrogens (primary N) is 1. The van der Waals surface area contributed by atoms with Crippen molar-refractivity contribution in [2.45, 2.75) is 13.3 Å². The quantitative estimate of drug-likeness (QED) is 0.859. The minimum absolute atomic E-state index is 0.199. The zero-order chi connectivity index (χ0) is 15.9. The number of amides is 2. The predicted octanol–water partition coefficient (Wildman–Crippen LogP) is 2.37. The Morgan fingerprint density at radius 3 is 2.50 bits per heavy atom. The fourth-order valence-electron chi connectivity index (χ4n) is 1.91. The molecule has 0 fully saturated rings. The fraction of sp³-hybridized carbons (Fsp3) is 0.176. The van der Waals surface area contributed by atoms with Gasteiger partial charge in [-0.3, -0.25) is 9.59 Å². The maximum Gasteiger partial charge on any atom is 0.255 e. The van der Waals surface area contributed by atoms with E-state index < -0.39 is 5.91 Å². The van der Waals surface area contributed by atoms with Gasteiger partial charge < -0.3 is 15.8 Å². The van der Waals surface area contributed by atoms with Crippen molar-refractivity contribution < 1.29 is 14.3 Å². The number of hydrogen-bond donors (Lipinski definition) is 2. The molecule has 0 unspecified atom stereocenters. The lowest BCUT2D eigenvalue weighted by atomic mass is 10.1. The summed E-state index contributed by atoms with van der Waals surface area (Å²) in [4.78, 5) is 22.9. The van der Waals surface area contributed by atoms with Gasteiger partial charge in [-0.05, 0) is 36.2 Å². The van der Waals surface area contributed by atoms with Crippen LogP contribution in [0.5, 0.6) is 5.75 Å². The van der Waals surface area contributed by atoms with E-state index in [0.29, 0.717) is 17.0 Å². The van der Waals surface area contributed by atoms with Gasteiger partial charge in [0.2, 0.25) is 0 Å². The van der Waals surface area contributed by atoms with E-state index in [9.17, 15) is 9.59 Å². The Bertz CT molecular complexity index is 666. The third kappa shape index (κ3) is 4.34. The number of ether oxygens (including phenoxy) is 1. The van der Waals surface area contributed by atoms with Crippen molar-refractivity contribution in [2.75, 3.05) is 11.9 Å². The summed E-state index contributed by atoms with van der Waals surface area (Å²) in [5, 5.41) is 2.79. The molecule has 2 aromatic rings. The van der Waals surface area contributed by atoms with E-state index in [1.165, 1.54) is 5.56 Å². The van der Waals surface area contributed by atoms with E-state index in [-0.39, 0.29) is 12.5 Å². The average molecular weight is 298 g/mol. The highest BCUT2D eigenvalue weighted by atomic mass is 16.5. The van der Waals surface area contributed by atoms with Crippen LogP contribution in [0.15, 0.2) is 48.5 Å². The summed E-state index contributed by atoms with van der Waals surface area (Å²) in [6.07, 6.45) is 0.932. The van der Waals surface area contributed by atoms with E-state index in [2.05, 4.69) is 12.2 Å². The van der Waals surface area contributed by atoms with Gasteiger partial charge >= 0.3 is 0 Å². The average Bonchev–Trinajstić information content (AvgIpc) is 2.53. The standard InChI is InChI=1S/C17H18N2O3/c1-2-12-6-8-13(9-7-12)17(21)19-14-4-3-5-15(10-14)22-11-16(18)20/h3-10H,2,11H2,1H3,(H2,18,20)(H,19,21). The Labute approximate surface area is 129 Å². The molecule has 0 aromatic heterocycles. The van der Waals surface area contributed by atoms with Crippen LogP contribution in [0, 0.1) is 0 Å². The largest absolute Gasteiger partial charge is 0.484 e. The van der Waals surface area contributed by atoms with Crippen molar-refractivity contribution in [1.82, 2.24) is 0 Å². The first-order valence-corrected chi connectivity index (χ1v) is 7.00. The molecule has 2 amide bonds. The molecule has 0 bridgehead atoms. The van der Waals surface area contributed by atoms with Crippen LogP contribution in [-0.2, 0) is 11.2 Å². The molecule has 0 spiro atoms. The molecule has 5 nitrogen and oxygen atoms in total. The van der Waals surface area contributed by atoms with E-state index in [1.807, 2.05) is 12.1 Å². The monoisotopic (exact) mass is 298 g/mol. The molecule has 22 heavy (non-hydrogen) atoms. The molecule has 114 valence electrons. The van der Waals surface area contributed by atoms with Crippen LogP contribution in [0.1, 0.15) is 22.8 Å². The topological polar surface area (TPSA) is 81.4 Å². The normalized spacial score (nSPS) is 10.0. The second kappa shape index (κ2) is 7.26. The van der Waals surface area contributed by atoms with Gasteiger partial charge in [-0.1, -0.05) is 25.1 Å². The molecule has 0 atom stereocenters. The first-order valence-electron chi connectivity index (χ1n) is 7.00. The van der Waals surface area contributed by atoms with Gasteiger partial charge in [0.05, 0.1) is 0 Å². The molecule has 2 rings (SSSR count). The predicted molar refractivity (Wildman–Crippen MR) is 84.9 cm³/mol. The van der Waals surface area contributed by atoms with Crippen LogP contribution in [-0.4, -0.2) is 18.4 Å². The number of nitrogens with one attached hydrogen (secondary N) is 1. The molecular formula is C17H18N2O3. The van der Waals surface area contributed by atoms with Crippen LogP contribution in [0.25, 0.3) is 0 Å². The second-order valence-corrected chi connectivity index (χ2v) is 4.79. The molecule has 0 heterocycles. The summed E-state index contributed by atoms with van der Waals surface area (Å²) >= 11 is 0. The summed E-state index contributed by atoms with van der Waals surface area (Å²) in [7, 11) is 0. The van der Waals surface area contributed by atoms with Gasteiger partial charge in [-0.2, -0.15) is 0 Å². The first kappa shape index (κ1) is 15.6. The molecule has 0 aliphatic carbocycles. The van der Waals surface area contributed by atoms with Gasteiger partial charge in [0, 0.05) is 17.3 Å². The molecule has 3 N–H and O–H groups in total. The minimum Gasteiger partial charge on any atom is -0.484 e. The minimum atomic E-state index is -0.551. The fourth-order valence-corrected chi connectivity index (χ4v) is 1.91. The van der Waals surface area contributed by atoms with Crippen molar-refractivity contribution in [3.63, 3.8) is 0 Å². The molecule has 0 aliphatic heterocycles. The van der Waals surface area contributed by atoms with Gasteiger partial charge in [0.15, 0.2) is 6.61 Å². The zero-order valence-electron chi connectivity index (χ0n) is 12.3. The molecule has 0 saturated carbocycles. The highest BCUT2D eigenvalue weighted by molar-refractivity contribution is 6.04. The van der Waals surface area contributed by atoms with Crippen molar-refractivity contribution in [3.8, 4) is 5.75 Å². The summed E-state index contributed by atoms with van der Waals surface area (Å²) in [5.74, 6) is -0.280. The number of hydrogen-bond acceptors (Lipinski definition) is 3. The highest BCUT2D eigenvalue weighted by Gasteiger charge is 2.07. The SMILES string of the molecule is CCc1ccc(C(=O)Nc2cccc(OCC(N)=O)c2)cc1. The zero-order valence-corrected chi connectivity index (χ0v) is 12.3. The Kier molecular flexibility index (Phi) is 5.14. The summed E-state index contributed by atoms with van der Waals surface area (Å²) in [6.45, 7) is 1.86. The number of benzene rings is 2. The Hall–Kier alpha value is -2.82. The Balaban J connectivity index is 2.04. The maximum absolute atomic E-state index is 12.2. The number of anilines is 1. The molecule has 0 radical (unpaired) electrons. The van der Waals surface area contributed by atoms with Gasteiger partial charge in [0.25, 0.3) is 11.8 Å².